The number of rotatable bonds is 2. The molecule has 0 spiro atoms. The maximum Gasteiger partial charge on any atom is 0.00339 e. The summed E-state index contributed by atoms with van der Waals surface area (Å²) in [6, 6.07) is 0. The summed E-state index contributed by atoms with van der Waals surface area (Å²) in [5.74, 6) is 1.03. The zero-order valence-corrected chi connectivity index (χ0v) is 7.87. The van der Waals surface area contributed by atoms with E-state index in [1.165, 1.54) is 24.6 Å². The van der Waals surface area contributed by atoms with Gasteiger partial charge in [0.25, 0.3) is 0 Å². The van der Waals surface area contributed by atoms with E-state index in [1.54, 1.807) is 0 Å². The third-order valence-corrected chi connectivity index (χ3v) is 2.66. The lowest BCUT2D eigenvalue weighted by molar-refractivity contribution is 0.0950. The van der Waals surface area contributed by atoms with Crippen molar-refractivity contribution >= 4 is 15.9 Å². The van der Waals surface area contributed by atoms with Crippen molar-refractivity contribution in [3.63, 3.8) is 0 Å². The van der Waals surface area contributed by atoms with E-state index in [0.29, 0.717) is 5.41 Å². The van der Waals surface area contributed by atoms with Gasteiger partial charge in [0.1, 0.15) is 0 Å². The van der Waals surface area contributed by atoms with Crippen LogP contribution >= 0.6 is 15.9 Å². The Kier molecular flexibility index (Phi) is 2.20. The van der Waals surface area contributed by atoms with E-state index in [0.717, 1.165) is 5.92 Å². The molecule has 54 valence electrons. The SMILES string of the molecule is CC1(C)CC(CCBr)C1. The van der Waals surface area contributed by atoms with Gasteiger partial charge in [0.15, 0.2) is 0 Å². The van der Waals surface area contributed by atoms with Crippen LogP contribution in [-0.4, -0.2) is 5.33 Å². The fourth-order valence-corrected chi connectivity index (χ4v) is 2.51. The fourth-order valence-electron chi connectivity index (χ4n) is 1.86. The van der Waals surface area contributed by atoms with Crippen molar-refractivity contribution in [3.05, 3.63) is 0 Å². The van der Waals surface area contributed by atoms with E-state index >= 15 is 0 Å². The lowest BCUT2D eigenvalue weighted by Crippen LogP contribution is -2.31. The first kappa shape index (κ1) is 7.59. The third kappa shape index (κ3) is 1.96. The maximum atomic E-state index is 3.46. The molecule has 9 heavy (non-hydrogen) atoms. The normalized spacial score (nSPS) is 25.7. The van der Waals surface area contributed by atoms with Crippen molar-refractivity contribution in [2.45, 2.75) is 33.1 Å². The molecule has 0 aliphatic heterocycles. The van der Waals surface area contributed by atoms with Gasteiger partial charge in [0.2, 0.25) is 0 Å². The summed E-state index contributed by atoms with van der Waals surface area (Å²) in [6.45, 7) is 4.72. The van der Waals surface area contributed by atoms with E-state index in [4.69, 9.17) is 0 Å². The molecule has 0 radical (unpaired) electrons. The quantitative estimate of drug-likeness (QED) is 0.588. The van der Waals surface area contributed by atoms with Gasteiger partial charge in [0, 0.05) is 5.33 Å². The Hall–Kier alpha value is 0.480. The predicted octanol–water partition coefficient (Wildman–Crippen LogP) is 3.21. The van der Waals surface area contributed by atoms with Gasteiger partial charge in [-0.15, -0.1) is 0 Å². The van der Waals surface area contributed by atoms with Crippen LogP contribution in [0.25, 0.3) is 0 Å². The van der Waals surface area contributed by atoms with Crippen molar-refractivity contribution in [2.24, 2.45) is 11.3 Å². The van der Waals surface area contributed by atoms with Crippen LogP contribution in [0.15, 0.2) is 0 Å². The van der Waals surface area contributed by atoms with Crippen molar-refractivity contribution in [2.75, 3.05) is 5.33 Å². The van der Waals surface area contributed by atoms with Crippen molar-refractivity contribution in [3.8, 4) is 0 Å². The summed E-state index contributed by atoms with van der Waals surface area (Å²) in [5, 5.41) is 1.19. The topological polar surface area (TPSA) is 0 Å². The molecular weight excluding hydrogens is 176 g/mol. The zero-order valence-electron chi connectivity index (χ0n) is 6.28. The second-order valence-corrected chi connectivity index (χ2v) is 4.71. The molecule has 0 aromatic heterocycles. The van der Waals surface area contributed by atoms with Gasteiger partial charge in [-0.25, -0.2) is 0 Å². The Labute approximate surface area is 66.2 Å². The van der Waals surface area contributed by atoms with Gasteiger partial charge in [-0.05, 0) is 30.6 Å². The standard InChI is InChI=1S/C8H15Br/c1-8(2)5-7(6-8)3-4-9/h7H,3-6H2,1-2H3. The lowest BCUT2D eigenvalue weighted by Gasteiger charge is -2.42. The molecule has 1 aliphatic rings. The number of hydrogen-bond acceptors (Lipinski definition) is 0. The van der Waals surface area contributed by atoms with Crippen LogP contribution in [-0.2, 0) is 0 Å². The third-order valence-electron chi connectivity index (χ3n) is 2.20. The van der Waals surface area contributed by atoms with Gasteiger partial charge in [-0.3, -0.25) is 0 Å². The smallest absolute Gasteiger partial charge is 0.00339 e. The Bertz CT molecular complexity index is 88.7. The monoisotopic (exact) mass is 190 g/mol. The Morgan fingerprint density at radius 3 is 2.33 bits per heavy atom. The summed E-state index contributed by atoms with van der Waals surface area (Å²) in [4.78, 5) is 0. The molecule has 1 aliphatic carbocycles. The Morgan fingerprint density at radius 2 is 2.00 bits per heavy atom. The van der Waals surface area contributed by atoms with Crippen LogP contribution in [0, 0.1) is 11.3 Å². The minimum atomic E-state index is 0.673. The maximum absolute atomic E-state index is 3.46. The summed E-state index contributed by atoms with van der Waals surface area (Å²) in [5.41, 5.74) is 0.673. The molecule has 0 nitrogen and oxygen atoms in total. The van der Waals surface area contributed by atoms with Crippen LogP contribution in [0.1, 0.15) is 33.1 Å². The molecule has 1 saturated carbocycles. The molecule has 0 bridgehead atoms. The van der Waals surface area contributed by atoms with Gasteiger partial charge in [0.05, 0.1) is 0 Å². The minimum absolute atomic E-state index is 0.673. The van der Waals surface area contributed by atoms with Gasteiger partial charge >= 0.3 is 0 Å². The summed E-state index contributed by atoms with van der Waals surface area (Å²) < 4.78 is 0. The first-order valence-corrected chi connectivity index (χ1v) is 4.82. The molecule has 1 heteroatoms. The number of alkyl halides is 1. The van der Waals surface area contributed by atoms with Gasteiger partial charge in [-0.1, -0.05) is 29.8 Å². The van der Waals surface area contributed by atoms with Crippen molar-refractivity contribution in [1.29, 1.82) is 0 Å². The van der Waals surface area contributed by atoms with Crippen LogP contribution < -0.4 is 0 Å². The molecule has 0 saturated heterocycles. The summed E-state index contributed by atoms with van der Waals surface area (Å²) in [6.07, 6.45) is 4.26. The number of halogens is 1. The molecule has 0 N–H and O–H groups in total. The lowest BCUT2D eigenvalue weighted by atomic mass is 9.64. The van der Waals surface area contributed by atoms with Crippen molar-refractivity contribution in [1.82, 2.24) is 0 Å². The average Bonchev–Trinajstić information content (AvgIpc) is 1.62. The summed E-state index contributed by atoms with van der Waals surface area (Å²) >= 11 is 3.46. The minimum Gasteiger partial charge on any atom is -0.0928 e. The highest BCUT2D eigenvalue weighted by molar-refractivity contribution is 9.09. The molecule has 0 amide bonds. The van der Waals surface area contributed by atoms with Crippen LogP contribution in [0.5, 0.6) is 0 Å². The van der Waals surface area contributed by atoms with E-state index in [1.807, 2.05) is 0 Å². The van der Waals surface area contributed by atoms with E-state index in [9.17, 15) is 0 Å². The second kappa shape index (κ2) is 2.61. The number of hydrogen-bond donors (Lipinski definition) is 0. The molecule has 0 unspecified atom stereocenters. The first-order chi connectivity index (χ1) is 4.14. The molecule has 0 atom stereocenters. The van der Waals surface area contributed by atoms with E-state index in [-0.39, 0.29) is 0 Å². The molecule has 1 rings (SSSR count). The summed E-state index contributed by atoms with van der Waals surface area (Å²) in [7, 11) is 0. The van der Waals surface area contributed by atoms with Gasteiger partial charge < -0.3 is 0 Å². The van der Waals surface area contributed by atoms with Crippen LogP contribution in [0.2, 0.25) is 0 Å². The van der Waals surface area contributed by atoms with E-state index in [2.05, 4.69) is 29.8 Å². The largest absolute Gasteiger partial charge is 0.0928 e. The average molecular weight is 191 g/mol. The molecule has 0 aromatic rings. The predicted molar refractivity (Wildman–Crippen MR) is 44.9 cm³/mol. The van der Waals surface area contributed by atoms with E-state index < -0.39 is 0 Å². The Balaban J connectivity index is 2.12. The highest BCUT2D eigenvalue weighted by Gasteiger charge is 2.34. The second-order valence-electron chi connectivity index (χ2n) is 3.92. The highest BCUT2D eigenvalue weighted by Crippen LogP contribution is 2.46. The fraction of sp³-hybridized carbons (Fsp3) is 1.00. The Morgan fingerprint density at radius 1 is 1.44 bits per heavy atom. The molecule has 1 fully saturated rings. The first-order valence-electron chi connectivity index (χ1n) is 3.70. The highest BCUT2D eigenvalue weighted by atomic mass is 79.9. The van der Waals surface area contributed by atoms with Crippen LogP contribution in [0.3, 0.4) is 0 Å². The molecule has 0 heterocycles. The molecule has 0 aromatic carbocycles. The van der Waals surface area contributed by atoms with Crippen LogP contribution in [0.4, 0.5) is 0 Å². The van der Waals surface area contributed by atoms with Gasteiger partial charge in [-0.2, -0.15) is 0 Å². The zero-order chi connectivity index (χ0) is 6.91. The van der Waals surface area contributed by atoms with Crippen molar-refractivity contribution < 1.29 is 0 Å². The molecular formula is C8H15Br.